The van der Waals surface area contributed by atoms with E-state index in [-0.39, 0.29) is 29.3 Å². The number of nitrogen functional groups attached to an aromatic ring is 1. The van der Waals surface area contributed by atoms with E-state index in [1.54, 1.807) is 6.07 Å². The number of anilines is 2. The summed E-state index contributed by atoms with van der Waals surface area (Å²) in [5.74, 6) is -0.123. The summed E-state index contributed by atoms with van der Waals surface area (Å²) in [5.41, 5.74) is 5.89. The van der Waals surface area contributed by atoms with Gasteiger partial charge in [0.05, 0.1) is 5.69 Å². The minimum atomic E-state index is -3.88. The van der Waals surface area contributed by atoms with Crippen LogP contribution in [0.1, 0.15) is 27.2 Å². The molecule has 0 aromatic heterocycles. The molecule has 0 saturated carbocycles. The number of benzene rings is 1. The third-order valence-corrected chi connectivity index (χ3v) is 3.44. The molecule has 7 nitrogen and oxygen atoms in total. The predicted octanol–water partition coefficient (Wildman–Crippen LogP) is 0.633. The number of rotatable bonds is 5. The van der Waals surface area contributed by atoms with Crippen LogP contribution < -0.4 is 21.5 Å². The van der Waals surface area contributed by atoms with Gasteiger partial charge >= 0.3 is 0 Å². The van der Waals surface area contributed by atoms with Crippen molar-refractivity contribution in [3.05, 3.63) is 18.2 Å². The van der Waals surface area contributed by atoms with Crippen LogP contribution in [0.25, 0.3) is 0 Å². The van der Waals surface area contributed by atoms with Crippen molar-refractivity contribution in [3.63, 3.8) is 0 Å². The van der Waals surface area contributed by atoms with Crippen LogP contribution in [-0.4, -0.2) is 26.4 Å². The van der Waals surface area contributed by atoms with Gasteiger partial charge in [-0.15, -0.1) is 0 Å². The van der Waals surface area contributed by atoms with Crippen LogP contribution in [-0.2, 0) is 14.8 Å². The summed E-state index contributed by atoms with van der Waals surface area (Å²) in [6, 6.07) is 4.37. The van der Waals surface area contributed by atoms with Crippen molar-refractivity contribution in [3.8, 4) is 0 Å². The number of amides is 1. The van der Waals surface area contributed by atoms with Gasteiger partial charge in [0.15, 0.2) is 0 Å². The molecule has 6 N–H and O–H groups in total. The molecule has 0 atom stereocenters. The van der Waals surface area contributed by atoms with Gasteiger partial charge in [-0.1, -0.05) is 0 Å². The molecule has 1 rings (SSSR count). The van der Waals surface area contributed by atoms with E-state index in [4.69, 9.17) is 10.9 Å². The van der Waals surface area contributed by atoms with Gasteiger partial charge in [-0.25, -0.2) is 13.6 Å². The quantitative estimate of drug-likeness (QED) is 0.593. The van der Waals surface area contributed by atoms with Gasteiger partial charge in [0.2, 0.25) is 15.9 Å². The summed E-state index contributed by atoms with van der Waals surface area (Å²) in [4.78, 5) is 11.6. The maximum atomic E-state index is 11.7. The number of nitrogens with one attached hydrogen (secondary N) is 2. The SMILES string of the molecule is CC(C)(C)NC(=O)CCNc1ccc(N)cc1S(N)(=O)=O. The van der Waals surface area contributed by atoms with Crippen molar-refractivity contribution < 1.29 is 13.2 Å². The van der Waals surface area contributed by atoms with Gasteiger partial charge < -0.3 is 16.4 Å². The van der Waals surface area contributed by atoms with E-state index in [0.29, 0.717) is 11.4 Å². The number of primary sulfonamides is 1. The molecule has 21 heavy (non-hydrogen) atoms. The Morgan fingerprint density at radius 2 is 1.90 bits per heavy atom. The van der Waals surface area contributed by atoms with E-state index >= 15 is 0 Å². The molecule has 0 spiro atoms. The van der Waals surface area contributed by atoms with Crippen molar-refractivity contribution in [1.29, 1.82) is 0 Å². The van der Waals surface area contributed by atoms with Gasteiger partial charge in [-0.3, -0.25) is 4.79 Å². The first kappa shape index (κ1) is 17.3. The van der Waals surface area contributed by atoms with Crippen LogP contribution >= 0.6 is 0 Å². The first-order chi connectivity index (χ1) is 9.49. The maximum Gasteiger partial charge on any atom is 0.240 e. The molecule has 118 valence electrons. The predicted molar refractivity (Wildman–Crippen MR) is 83.2 cm³/mol. The second kappa shape index (κ2) is 6.31. The molecule has 0 aliphatic carbocycles. The topological polar surface area (TPSA) is 127 Å². The highest BCUT2D eigenvalue weighted by atomic mass is 32.2. The van der Waals surface area contributed by atoms with E-state index in [9.17, 15) is 13.2 Å². The summed E-state index contributed by atoms with van der Waals surface area (Å²) in [7, 11) is -3.88. The van der Waals surface area contributed by atoms with Crippen LogP contribution in [0.15, 0.2) is 23.1 Å². The minimum Gasteiger partial charge on any atom is -0.399 e. The van der Waals surface area contributed by atoms with E-state index in [1.807, 2.05) is 20.8 Å². The largest absolute Gasteiger partial charge is 0.399 e. The zero-order valence-electron chi connectivity index (χ0n) is 12.4. The van der Waals surface area contributed by atoms with Gasteiger partial charge in [-0.05, 0) is 39.0 Å². The Bertz CT molecular complexity index is 621. The third-order valence-electron chi connectivity index (χ3n) is 2.49. The van der Waals surface area contributed by atoms with Crippen molar-refractivity contribution >= 4 is 27.3 Å². The molecule has 0 heterocycles. The van der Waals surface area contributed by atoms with Crippen LogP contribution in [0.4, 0.5) is 11.4 Å². The average Bonchev–Trinajstić information content (AvgIpc) is 2.27. The fourth-order valence-corrected chi connectivity index (χ4v) is 2.46. The van der Waals surface area contributed by atoms with Crippen molar-refractivity contribution in [2.45, 2.75) is 37.6 Å². The molecule has 0 aliphatic heterocycles. The Hall–Kier alpha value is -1.80. The Morgan fingerprint density at radius 3 is 2.43 bits per heavy atom. The first-order valence-corrected chi connectivity index (χ1v) is 8.01. The van der Waals surface area contributed by atoms with E-state index in [1.165, 1.54) is 12.1 Å². The normalized spacial score (nSPS) is 12.0. The summed E-state index contributed by atoms with van der Waals surface area (Å²) < 4.78 is 23.0. The molecule has 1 aromatic carbocycles. The van der Waals surface area contributed by atoms with E-state index in [2.05, 4.69) is 10.6 Å². The van der Waals surface area contributed by atoms with Gasteiger partial charge in [0, 0.05) is 24.2 Å². The summed E-state index contributed by atoms with van der Waals surface area (Å²) >= 11 is 0. The lowest BCUT2D eigenvalue weighted by Gasteiger charge is -2.20. The monoisotopic (exact) mass is 314 g/mol. The van der Waals surface area contributed by atoms with Crippen molar-refractivity contribution in [2.75, 3.05) is 17.6 Å². The highest BCUT2D eigenvalue weighted by Gasteiger charge is 2.16. The van der Waals surface area contributed by atoms with Crippen LogP contribution in [0, 0.1) is 0 Å². The van der Waals surface area contributed by atoms with Crippen LogP contribution in [0.3, 0.4) is 0 Å². The zero-order valence-corrected chi connectivity index (χ0v) is 13.3. The molecule has 8 heteroatoms. The Labute approximate surface area is 125 Å². The third kappa shape index (κ3) is 6.01. The lowest BCUT2D eigenvalue weighted by Crippen LogP contribution is -2.41. The number of carbonyl (C=O) groups excluding carboxylic acids is 1. The first-order valence-electron chi connectivity index (χ1n) is 6.46. The number of carbonyl (C=O) groups is 1. The second-order valence-corrected chi connectivity index (χ2v) is 7.31. The fourth-order valence-electron chi connectivity index (χ4n) is 1.71. The Balaban J connectivity index is 2.71. The van der Waals surface area contributed by atoms with Gasteiger partial charge in [-0.2, -0.15) is 0 Å². The van der Waals surface area contributed by atoms with E-state index < -0.39 is 10.0 Å². The van der Waals surface area contributed by atoms with Gasteiger partial charge in [0.1, 0.15) is 4.90 Å². The zero-order chi connectivity index (χ0) is 16.3. The maximum absolute atomic E-state index is 11.7. The molecule has 0 saturated heterocycles. The molecular weight excluding hydrogens is 292 g/mol. The number of hydrogen-bond donors (Lipinski definition) is 4. The van der Waals surface area contributed by atoms with E-state index in [0.717, 1.165) is 0 Å². The molecule has 0 bridgehead atoms. The highest BCUT2D eigenvalue weighted by molar-refractivity contribution is 7.89. The molecule has 0 aliphatic rings. The standard InChI is InChI=1S/C13H22N4O3S/c1-13(2,3)17-12(18)6-7-16-10-5-4-9(14)8-11(10)21(15,19)20/h4-5,8,16H,6-7,14H2,1-3H3,(H,17,18)(H2,15,19,20). The lowest BCUT2D eigenvalue weighted by molar-refractivity contribution is -0.122. The van der Waals surface area contributed by atoms with Crippen molar-refractivity contribution in [2.24, 2.45) is 5.14 Å². The van der Waals surface area contributed by atoms with Crippen LogP contribution in [0.2, 0.25) is 0 Å². The fraction of sp³-hybridized carbons (Fsp3) is 0.462. The molecule has 0 fully saturated rings. The van der Waals surface area contributed by atoms with Gasteiger partial charge in [0.25, 0.3) is 0 Å². The number of nitrogens with two attached hydrogens (primary N) is 2. The van der Waals surface area contributed by atoms with Crippen LogP contribution in [0.5, 0.6) is 0 Å². The lowest BCUT2D eigenvalue weighted by atomic mass is 10.1. The second-order valence-electron chi connectivity index (χ2n) is 5.78. The Kier molecular flexibility index (Phi) is 5.19. The molecule has 0 radical (unpaired) electrons. The number of sulfonamides is 1. The number of hydrogen-bond acceptors (Lipinski definition) is 5. The summed E-state index contributed by atoms with van der Waals surface area (Å²) in [6.07, 6.45) is 0.214. The average molecular weight is 314 g/mol. The molecule has 0 unspecified atom stereocenters. The minimum absolute atomic E-state index is 0.0845. The smallest absolute Gasteiger partial charge is 0.240 e. The Morgan fingerprint density at radius 1 is 1.29 bits per heavy atom. The molecule has 1 amide bonds. The molecular formula is C13H22N4O3S. The molecule has 1 aromatic rings. The van der Waals surface area contributed by atoms with Crippen molar-refractivity contribution in [1.82, 2.24) is 5.32 Å². The summed E-state index contributed by atoms with van der Waals surface area (Å²) in [5, 5.41) is 10.8. The highest BCUT2D eigenvalue weighted by Crippen LogP contribution is 2.22. The summed E-state index contributed by atoms with van der Waals surface area (Å²) in [6.45, 7) is 5.94.